The van der Waals surface area contributed by atoms with Gasteiger partial charge in [-0.3, -0.25) is 9.59 Å². The van der Waals surface area contributed by atoms with Crippen LogP contribution in [0.2, 0.25) is 0 Å². The lowest BCUT2D eigenvalue weighted by molar-refractivity contribution is -0.114. The number of fused-ring (bicyclic) bond motifs is 1. The number of benzene rings is 1. The number of ketones is 1. The summed E-state index contributed by atoms with van der Waals surface area (Å²) >= 11 is 3.43. The van der Waals surface area contributed by atoms with E-state index < -0.39 is 11.7 Å². The van der Waals surface area contributed by atoms with E-state index in [1.807, 2.05) is 6.07 Å². The summed E-state index contributed by atoms with van der Waals surface area (Å²) in [7, 11) is 0. The Morgan fingerprint density at radius 2 is 2.10 bits per heavy atom. The predicted octanol–water partition coefficient (Wildman–Crippen LogP) is 2.61. The zero-order valence-electron chi connectivity index (χ0n) is 11.8. The Labute approximate surface area is 127 Å². The first-order chi connectivity index (χ1) is 9.56. The van der Waals surface area contributed by atoms with Gasteiger partial charge in [-0.25, -0.2) is 0 Å². The van der Waals surface area contributed by atoms with E-state index in [0.29, 0.717) is 17.8 Å². The Morgan fingerprint density at radius 1 is 1.35 bits per heavy atom. The molecule has 0 saturated heterocycles. The molecule has 1 aromatic rings. The molecule has 0 radical (unpaired) electrons. The van der Waals surface area contributed by atoms with Crippen molar-refractivity contribution in [1.82, 2.24) is 5.32 Å². The molecule has 1 unspecified atom stereocenters. The summed E-state index contributed by atoms with van der Waals surface area (Å²) in [4.78, 5) is 25.7. The summed E-state index contributed by atoms with van der Waals surface area (Å²) in [5.41, 5.74) is 1.21. The van der Waals surface area contributed by atoms with Crippen LogP contribution in [0.5, 0.6) is 0 Å². The van der Waals surface area contributed by atoms with Crippen molar-refractivity contribution in [2.24, 2.45) is 5.92 Å². The van der Waals surface area contributed by atoms with Crippen molar-refractivity contribution >= 4 is 33.3 Å². The standard InChI is InChI=1S/C15H19BrN2O2/c1-3-7-17-8-10(2)9-18-13-11(14(19)15(18)20)5-4-6-12(13)16/h4-6,10,17H,3,7-9H2,1-2H3. The molecule has 1 N–H and O–H groups in total. The van der Waals surface area contributed by atoms with Gasteiger partial charge in [0.1, 0.15) is 0 Å². The highest BCUT2D eigenvalue weighted by Crippen LogP contribution is 2.36. The highest BCUT2D eigenvalue weighted by Gasteiger charge is 2.37. The van der Waals surface area contributed by atoms with Gasteiger partial charge >= 0.3 is 0 Å². The van der Waals surface area contributed by atoms with E-state index in [-0.39, 0.29) is 5.92 Å². The molecule has 2 rings (SSSR count). The number of hydrogen-bond acceptors (Lipinski definition) is 3. The fraction of sp³-hybridized carbons (Fsp3) is 0.467. The van der Waals surface area contributed by atoms with Crippen molar-refractivity contribution in [3.63, 3.8) is 0 Å². The third kappa shape index (κ3) is 2.94. The second-order valence-electron chi connectivity index (χ2n) is 5.19. The van der Waals surface area contributed by atoms with Crippen LogP contribution in [0.15, 0.2) is 22.7 Å². The van der Waals surface area contributed by atoms with Crippen LogP contribution in [0.25, 0.3) is 0 Å². The second-order valence-corrected chi connectivity index (χ2v) is 6.04. The van der Waals surface area contributed by atoms with Gasteiger partial charge in [-0.2, -0.15) is 0 Å². The number of para-hydroxylation sites is 1. The quantitative estimate of drug-likeness (QED) is 0.640. The van der Waals surface area contributed by atoms with Crippen LogP contribution in [-0.2, 0) is 4.79 Å². The predicted molar refractivity (Wildman–Crippen MR) is 83.2 cm³/mol. The van der Waals surface area contributed by atoms with Crippen molar-refractivity contribution in [2.75, 3.05) is 24.5 Å². The first-order valence-electron chi connectivity index (χ1n) is 6.91. The average Bonchev–Trinajstić information content (AvgIpc) is 2.66. The summed E-state index contributed by atoms with van der Waals surface area (Å²) < 4.78 is 0.794. The van der Waals surface area contributed by atoms with E-state index in [2.05, 4.69) is 35.1 Å². The molecule has 0 fully saturated rings. The van der Waals surface area contributed by atoms with Crippen LogP contribution in [0.3, 0.4) is 0 Å². The highest BCUT2D eigenvalue weighted by atomic mass is 79.9. The molecule has 1 aromatic carbocycles. The fourth-order valence-corrected chi connectivity index (χ4v) is 2.97. The summed E-state index contributed by atoms with van der Waals surface area (Å²) in [5, 5.41) is 3.34. The van der Waals surface area contributed by atoms with Gasteiger partial charge in [0, 0.05) is 11.0 Å². The van der Waals surface area contributed by atoms with Gasteiger partial charge in [-0.15, -0.1) is 0 Å². The molecule has 0 bridgehead atoms. The third-order valence-corrected chi connectivity index (χ3v) is 3.99. The molecule has 1 atom stereocenters. The summed E-state index contributed by atoms with van der Waals surface area (Å²) in [5.74, 6) is -0.541. The van der Waals surface area contributed by atoms with E-state index in [1.54, 1.807) is 17.0 Å². The van der Waals surface area contributed by atoms with Crippen LogP contribution < -0.4 is 10.2 Å². The molecule has 1 aliphatic rings. The first kappa shape index (κ1) is 15.2. The molecule has 1 heterocycles. The molecule has 1 aliphatic heterocycles. The zero-order valence-corrected chi connectivity index (χ0v) is 13.4. The average molecular weight is 339 g/mol. The van der Waals surface area contributed by atoms with Crippen molar-refractivity contribution in [1.29, 1.82) is 0 Å². The van der Waals surface area contributed by atoms with Crippen molar-refractivity contribution < 1.29 is 9.59 Å². The number of hydrogen-bond donors (Lipinski definition) is 1. The summed E-state index contributed by atoms with van der Waals surface area (Å²) in [6.45, 7) is 6.56. The van der Waals surface area contributed by atoms with Crippen LogP contribution in [0, 0.1) is 5.92 Å². The lowest BCUT2D eigenvalue weighted by Gasteiger charge is -2.22. The molecule has 0 spiro atoms. The molecule has 0 saturated carbocycles. The van der Waals surface area contributed by atoms with Crippen molar-refractivity contribution in [3.05, 3.63) is 28.2 Å². The lowest BCUT2D eigenvalue weighted by atomic mass is 10.1. The smallest absolute Gasteiger partial charge is 0.299 e. The number of Topliss-reactive ketones (excluding diaryl/α,β-unsaturated/α-hetero) is 1. The van der Waals surface area contributed by atoms with Gasteiger partial charge in [0.05, 0.1) is 11.3 Å². The van der Waals surface area contributed by atoms with Gasteiger partial charge in [-0.05, 0) is 53.5 Å². The Kier molecular flexibility index (Phi) is 4.94. The van der Waals surface area contributed by atoms with E-state index in [1.165, 1.54) is 0 Å². The molecule has 5 heteroatoms. The van der Waals surface area contributed by atoms with E-state index >= 15 is 0 Å². The topological polar surface area (TPSA) is 49.4 Å². The third-order valence-electron chi connectivity index (χ3n) is 3.35. The van der Waals surface area contributed by atoms with Crippen LogP contribution in [0.1, 0.15) is 30.6 Å². The van der Waals surface area contributed by atoms with Crippen molar-refractivity contribution in [3.8, 4) is 0 Å². The molecular formula is C15H19BrN2O2. The fourth-order valence-electron chi connectivity index (χ4n) is 2.39. The number of rotatable bonds is 6. The minimum absolute atomic E-state index is 0.288. The number of halogens is 1. The maximum Gasteiger partial charge on any atom is 0.299 e. The van der Waals surface area contributed by atoms with E-state index in [9.17, 15) is 9.59 Å². The van der Waals surface area contributed by atoms with Gasteiger partial charge in [0.2, 0.25) is 0 Å². The Balaban J connectivity index is 2.13. The Morgan fingerprint density at radius 3 is 2.80 bits per heavy atom. The molecule has 0 aliphatic carbocycles. The van der Waals surface area contributed by atoms with Crippen molar-refractivity contribution in [2.45, 2.75) is 20.3 Å². The maximum atomic E-state index is 12.1. The van der Waals surface area contributed by atoms with Crippen LogP contribution >= 0.6 is 15.9 Å². The van der Waals surface area contributed by atoms with Gasteiger partial charge in [-0.1, -0.05) is 19.9 Å². The van der Waals surface area contributed by atoms with E-state index in [4.69, 9.17) is 0 Å². The molecule has 4 nitrogen and oxygen atoms in total. The number of carbonyl (C=O) groups is 2. The highest BCUT2D eigenvalue weighted by molar-refractivity contribution is 9.10. The van der Waals surface area contributed by atoms with Crippen LogP contribution in [-0.4, -0.2) is 31.3 Å². The van der Waals surface area contributed by atoms with Gasteiger partial charge < -0.3 is 10.2 Å². The number of nitrogens with zero attached hydrogens (tertiary/aromatic N) is 1. The Bertz CT molecular complexity index is 531. The maximum absolute atomic E-state index is 12.1. The van der Waals surface area contributed by atoms with E-state index in [0.717, 1.165) is 24.0 Å². The minimum atomic E-state index is -0.422. The molecule has 1 amide bonds. The van der Waals surface area contributed by atoms with Gasteiger partial charge in [0.15, 0.2) is 0 Å². The molecule has 20 heavy (non-hydrogen) atoms. The van der Waals surface area contributed by atoms with Gasteiger partial charge in [0.25, 0.3) is 11.7 Å². The summed E-state index contributed by atoms with van der Waals surface area (Å²) in [6, 6.07) is 5.35. The number of amides is 1. The number of anilines is 1. The molecule has 108 valence electrons. The zero-order chi connectivity index (χ0) is 14.7. The Hall–Kier alpha value is -1.20. The normalized spacial score (nSPS) is 15.7. The lowest BCUT2D eigenvalue weighted by Crippen LogP contribution is -2.37. The molecule has 0 aromatic heterocycles. The SMILES string of the molecule is CCCNCC(C)CN1C(=O)C(=O)c2cccc(Br)c21. The molecular weight excluding hydrogens is 320 g/mol. The summed E-state index contributed by atoms with van der Waals surface area (Å²) in [6.07, 6.45) is 1.09. The monoisotopic (exact) mass is 338 g/mol. The first-order valence-corrected chi connectivity index (χ1v) is 7.71. The largest absolute Gasteiger partial charge is 0.316 e. The number of nitrogens with one attached hydrogen (secondary N) is 1. The second kappa shape index (κ2) is 6.50. The number of carbonyl (C=O) groups excluding carboxylic acids is 2. The van der Waals surface area contributed by atoms with Crippen LogP contribution in [0.4, 0.5) is 5.69 Å². The minimum Gasteiger partial charge on any atom is -0.316 e.